The lowest BCUT2D eigenvalue weighted by molar-refractivity contribution is -0.683. The molecule has 238 valence electrons. The van der Waals surface area contributed by atoms with Gasteiger partial charge in [-0.25, -0.2) is 0 Å². The quantitative estimate of drug-likeness (QED) is 0.110. The van der Waals surface area contributed by atoms with Crippen LogP contribution in [0.2, 0.25) is 0 Å². The van der Waals surface area contributed by atoms with Gasteiger partial charge in [0.2, 0.25) is 5.51 Å². The number of unbranched alkanes of at least 4 members (excludes halogenated alkanes) is 11. The third-order valence-corrected chi connectivity index (χ3v) is 8.23. The molecule has 0 fully saturated rings. The second kappa shape index (κ2) is 20.6. The highest BCUT2D eigenvalue weighted by Crippen LogP contribution is 2.38. The average molecular weight is 674 g/mol. The molecule has 0 aliphatic carbocycles. The van der Waals surface area contributed by atoms with Crippen LogP contribution >= 0.6 is 11.3 Å². The minimum absolute atomic E-state index is 0. The number of nitrogens with one attached hydrogen (secondary N) is 1. The molecule has 0 radical (unpaired) electrons. The summed E-state index contributed by atoms with van der Waals surface area (Å²) in [6.07, 6.45) is 17.8. The van der Waals surface area contributed by atoms with Crippen molar-refractivity contribution >= 4 is 22.9 Å². The number of hydrogen-bond acceptors (Lipinski definition) is 4. The number of amides is 1. The molecule has 1 N–H and O–H groups in total. The zero-order valence-electron chi connectivity index (χ0n) is 26.8. The highest BCUT2D eigenvalue weighted by atomic mass is 79.9. The molecular weight excluding hydrogens is 620 g/mol. The number of nitrogens with zero attached hydrogens (tertiary/aromatic N) is 1. The number of rotatable bonds is 20. The molecule has 1 aromatic heterocycles. The molecule has 0 aliphatic heterocycles. The first-order chi connectivity index (χ1) is 20.4. The summed E-state index contributed by atoms with van der Waals surface area (Å²) in [5, 5.41) is 5.08. The fourth-order valence-electron chi connectivity index (χ4n) is 5.14. The van der Waals surface area contributed by atoms with Crippen molar-refractivity contribution in [1.29, 1.82) is 0 Å². The van der Waals surface area contributed by atoms with Gasteiger partial charge in [0.25, 0.3) is 5.91 Å². The molecule has 1 heterocycles. The molecule has 3 rings (SSSR count). The smallest absolute Gasteiger partial charge is 0.262 e. The zero-order valence-corrected chi connectivity index (χ0v) is 29.2. The number of aromatic nitrogens is 1. The van der Waals surface area contributed by atoms with Gasteiger partial charge in [0.1, 0.15) is 0 Å². The Morgan fingerprint density at radius 1 is 0.837 bits per heavy atom. The Morgan fingerprint density at radius 2 is 1.49 bits per heavy atom. The fraction of sp³-hybridized carbons (Fsp3) is 0.556. The van der Waals surface area contributed by atoms with Crippen molar-refractivity contribution in [3.8, 4) is 11.5 Å². The summed E-state index contributed by atoms with van der Waals surface area (Å²) in [7, 11) is 0. The maximum absolute atomic E-state index is 12.9. The van der Waals surface area contributed by atoms with E-state index in [1.54, 1.807) is 11.3 Å². The lowest BCUT2D eigenvalue weighted by atomic mass is 9.86. The molecule has 0 unspecified atom stereocenters. The van der Waals surface area contributed by atoms with Crippen LogP contribution in [0.3, 0.4) is 0 Å². The number of anilines is 1. The van der Waals surface area contributed by atoms with E-state index in [4.69, 9.17) is 9.47 Å². The number of carbonyl (C=O) groups is 1. The molecule has 2 aromatic carbocycles. The second-order valence-corrected chi connectivity index (χ2v) is 13.1. The van der Waals surface area contributed by atoms with Crippen molar-refractivity contribution in [3.63, 3.8) is 0 Å². The van der Waals surface area contributed by atoms with Crippen LogP contribution in [0.4, 0.5) is 5.69 Å². The molecular formula is C36H53BrN2O3S. The summed E-state index contributed by atoms with van der Waals surface area (Å²) in [4.78, 5) is 12.9. The predicted octanol–water partition coefficient (Wildman–Crippen LogP) is 6.48. The van der Waals surface area contributed by atoms with Crippen molar-refractivity contribution in [3.05, 3.63) is 70.7 Å². The summed E-state index contributed by atoms with van der Waals surface area (Å²) in [6.45, 7) is 10.1. The van der Waals surface area contributed by atoms with Crippen molar-refractivity contribution in [1.82, 2.24) is 0 Å². The van der Waals surface area contributed by atoms with Gasteiger partial charge in [0.05, 0.1) is 17.7 Å². The standard InChI is InChI=1S/C36H52N2O3S.BrH/c1-5-6-7-8-9-10-11-12-13-14-15-18-25-40-35-31(36(2,3)4)21-19-23-33(35)41-28-34(39)37-32-22-17-16-20-30(32)27-38-24-26-42-29-38;/h16-17,19-24,26,29H,5-15,18,25,27-28H2,1-4H3;1H. The number of benzene rings is 2. The summed E-state index contributed by atoms with van der Waals surface area (Å²) in [6, 6.07) is 13.9. The van der Waals surface area contributed by atoms with Gasteiger partial charge in [-0.05, 0) is 24.0 Å². The van der Waals surface area contributed by atoms with Gasteiger partial charge < -0.3 is 31.8 Å². The minimum Gasteiger partial charge on any atom is -1.00 e. The van der Waals surface area contributed by atoms with Gasteiger partial charge in [-0.1, -0.05) is 140 Å². The molecule has 43 heavy (non-hydrogen) atoms. The summed E-state index contributed by atoms with van der Waals surface area (Å²) >= 11 is 1.65. The molecule has 0 spiro atoms. The number of hydrogen-bond donors (Lipinski definition) is 1. The number of halogens is 1. The monoisotopic (exact) mass is 672 g/mol. The van der Waals surface area contributed by atoms with Crippen LogP contribution in [0, 0.1) is 0 Å². The number of carbonyl (C=O) groups excluding carboxylic acids is 1. The van der Waals surface area contributed by atoms with Crippen molar-refractivity contribution in [2.75, 3.05) is 18.5 Å². The molecule has 3 aromatic rings. The first kappa shape index (κ1) is 36.8. The molecule has 0 aliphatic rings. The molecule has 5 nitrogen and oxygen atoms in total. The first-order valence-electron chi connectivity index (χ1n) is 16.1. The Morgan fingerprint density at radius 3 is 2.12 bits per heavy atom. The van der Waals surface area contributed by atoms with E-state index in [0.717, 1.165) is 29.0 Å². The van der Waals surface area contributed by atoms with Crippen LogP contribution < -0.4 is 36.3 Å². The average Bonchev–Trinajstić information content (AvgIpc) is 3.48. The van der Waals surface area contributed by atoms with Crippen molar-refractivity contribution < 1.29 is 35.8 Å². The van der Waals surface area contributed by atoms with E-state index in [9.17, 15) is 4.79 Å². The third-order valence-electron chi connectivity index (χ3n) is 7.56. The van der Waals surface area contributed by atoms with Crippen LogP contribution in [0.25, 0.3) is 0 Å². The van der Waals surface area contributed by atoms with E-state index < -0.39 is 0 Å². The van der Waals surface area contributed by atoms with E-state index in [1.807, 2.05) is 48.0 Å². The maximum atomic E-state index is 12.9. The van der Waals surface area contributed by atoms with E-state index in [1.165, 1.54) is 70.6 Å². The molecule has 0 saturated heterocycles. The van der Waals surface area contributed by atoms with E-state index >= 15 is 0 Å². The summed E-state index contributed by atoms with van der Waals surface area (Å²) in [5.74, 6) is 1.19. The van der Waals surface area contributed by atoms with E-state index in [0.29, 0.717) is 18.9 Å². The van der Waals surface area contributed by atoms with Crippen molar-refractivity contribution in [2.24, 2.45) is 0 Å². The highest BCUT2D eigenvalue weighted by molar-refractivity contribution is 7.07. The van der Waals surface area contributed by atoms with Crippen LogP contribution in [0.5, 0.6) is 11.5 Å². The normalized spacial score (nSPS) is 11.2. The molecule has 0 atom stereocenters. The fourth-order valence-corrected chi connectivity index (χ4v) is 5.74. The summed E-state index contributed by atoms with van der Waals surface area (Å²) < 4.78 is 14.5. The SMILES string of the molecule is CCCCCCCCCCCCCCOc1c(OCC(=O)Nc2ccccc2C[n+]2ccsc2)cccc1C(C)(C)C.[Br-]. The largest absolute Gasteiger partial charge is 1.00 e. The Labute approximate surface area is 275 Å². The minimum atomic E-state index is -0.189. The summed E-state index contributed by atoms with van der Waals surface area (Å²) in [5.41, 5.74) is 4.90. The predicted molar refractivity (Wildman–Crippen MR) is 176 cm³/mol. The molecule has 0 bridgehead atoms. The maximum Gasteiger partial charge on any atom is 0.262 e. The van der Waals surface area contributed by atoms with Gasteiger partial charge in [-0.15, -0.1) is 0 Å². The van der Waals surface area contributed by atoms with E-state index in [-0.39, 0.29) is 34.9 Å². The van der Waals surface area contributed by atoms with Crippen LogP contribution in [0.15, 0.2) is 59.6 Å². The lowest BCUT2D eigenvalue weighted by Gasteiger charge is -2.24. The third kappa shape index (κ3) is 13.9. The Kier molecular flexibility index (Phi) is 17.6. The molecule has 1 amide bonds. The van der Waals surface area contributed by atoms with Gasteiger partial charge in [0.15, 0.2) is 30.8 Å². The number of thiazole rings is 1. The Balaban J connectivity index is 0.00000645. The number of para-hydroxylation sites is 2. The zero-order chi connectivity index (χ0) is 30.0. The van der Waals surface area contributed by atoms with Crippen LogP contribution in [-0.2, 0) is 16.8 Å². The lowest BCUT2D eigenvalue weighted by Crippen LogP contribution is -3.00. The van der Waals surface area contributed by atoms with Crippen LogP contribution in [-0.4, -0.2) is 19.1 Å². The Bertz CT molecular complexity index is 1180. The van der Waals surface area contributed by atoms with Gasteiger partial charge in [0, 0.05) is 11.1 Å². The number of ether oxygens (including phenoxy) is 2. The molecule has 0 saturated carbocycles. The highest BCUT2D eigenvalue weighted by Gasteiger charge is 2.23. The second-order valence-electron chi connectivity index (χ2n) is 12.3. The Hall–Kier alpha value is -2.38. The van der Waals surface area contributed by atoms with E-state index in [2.05, 4.69) is 49.2 Å². The van der Waals surface area contributed by atoms with Crippen molar-refractivity contribution in [2.45, 2.75) is 117 Å². The van der Waals surface area contributed by atoms with Gasteiger partial charge in [-0.2, -0.15) is 4.57 Å². The first-order valence-corrected chi connectivity index (χ1v) is 17.0. The van der Waals surface area contributed by atoms with Gasteiger partial charge >= 0.3 is 0 Å². The van der Waals surface area contributed by atoms with Crippen LogP contribution in [0.1, 0.15) is 116 Å². The molecule has 7 heteroatoms. The van der Waals surface area contributed by atoms with Gasteiger partial charge in [-0.3, -0.25) is 4.79 Å². The topological polar surface area (TPSA) is 51.4 Å².